The third-order valence-electron chi connectivity index (χ3n) is 4.64. The first-order chi connectivity index (χ1) is 14.4. The number of benzene rings is 2. The van der Waals surface area contributed by atoms with Crippen molar-refractivity contribution in [2.75, 3.05) is 17.0 Å². The maximum absolute atomic E-state index is 12.6. The van der Waals surface area contributed by atoms with Gasteiger partial charge in [-0.2, -0.15) is 5.10 Å². The molecule has 0 N–H and O–H groups in total. The van der Waals surface area contributed by atoms with E-state index in [9.17, 15) is 9.59 Å². The monoisotopic (exact) mass is 459 g/mol. The zero-order chi connectivity index (χ0) is 21.5. The molecule has 9 heteroatoms. The summed E-state index contributed by atoms with van der Waals surface area (Å²) in [6.07, 6.45) is 0. The number of hydrazone groups is 1. The van der Waals surface area contributed by atoms with E-state index in [1.165, 1.54) is 37.6 Å². The Morgan fingerprint density at radius 3 is 2.37 bits per heavy atom. The fraction of sp³-hybridized carbons (Fsp3) is 0.190. The molecule has 0 unspecified atom stereocenters. The van der Waals surface area contributed by atoms with E-state index < -0.39 is 10.3 Å². The summed E-state index contributed by atoms with van der Waals surface area (Å²) in [5.74, 6) is -0.599. The molecule has 0 amide bonds. The quantitative estimate of drug-likeness (QED) is 0.592. The molecule has 0 aromatic heterocycles. The summed E-state index contributed by atoms with van der Waals surface area (Å²) in [5, 5.41) is 7.16. The lowest BCUT2D eigenvalue weighted by atomic mass is 10.2. The number of hydrogen-bond acceptors (Lipinski definition) is 8. The predicted octanol–water partition coefficient (Wildman–Crippen LogP) is 5.06. The van der Waals surface area contributed by atoms with Crippen molar-refractivity contribution < 1.29 is 14.3 Å². The summed E-state index contributed by atoms with van der Waals surface area (Å²) in [6.45, 7) is 3.34. The topological polar surface area (TPSA) is 62.2 Å². The molecule has 2 aliphatic heterocycles. The Labute approximate surface area is 187 Å². The first-order valence-electron chi connectivity index (χ1n) is 9.06. The number of halogens is 1. The molecule has 30 heavy (non-hydrogen) atoms. The minimum absolute atomic E-state index is 0.160. The summed E-state index contributed by atoms with van der Waals surface area (Å²) in [4.78, 5) is 27.3. The third-order valence-corrected chi connectivity index (χ3v) is 7.93. The normalized spacial score (nSPS) is 20.7. The molecule has 2 aromatic rings. The zero-order valence-corrected chi connectivity index (χ0v) is 18.8. The van der Waals surface area contributed by atoms with Crippen molar-refractivity contribution in [1.82, 2.24) is 0 Å². The first-order valence-corrected chi connectivity index (χ1v) is 11.1. The van der Waals surface area contributed by atoms with Gasteiger partial charge in [0.05, 0.1) is 17.8 Å². The number of thioether (sulfide) groups is 2. The van der Waals surface area contributed by atoms with Gasteiger partial charge < -0.3 is 9.64 Å². The van der Waals surface area contributed by atoms with Crippen LogP contribution in [0.2, 0.25) is 5.02 Å². The Bertz CT molecular complexity index is 1090. The van der Waals surface area contributed by atoms with Crippen LogP contribution in [-0.4, -0.2) is 28.2 Å². The second kappa shape index (κ2) is 8.02. The number of carbonyl (C=O) groups is 2. The lowest BCUT2D eigenvalue weighted by Gasteiger charge is -2.41. The molecule has 0 aliphatic carbocycles. The number of hydrogen-bond donors (Lipinski definition) is 0. The van der Waals surface area contributed by atoms with E-state index in [1.54, 1.807) is 11.1 Å². The van der Waals surface area contributed by atoms with Gasteiger partial charge in [0.15, 0.2) is 10.8 Å². The molecule has 2 aliphatic rings. The van der Waals surface area contributed by atoms with Gasteiger partial charge in [0.2, 0.25) is 4.33 Å². The number of nitrogens with zero attached hydrogens (tertiary/aromatic N) is 3. The van der Waals surface area contributed by atoms with E-state index >= 15 is 0 Å². The van der Waals surface area contributed by atoms with E-state index in [2.05, 4.69) is 5.10 Å². The van der Waals surface area contributed by atoms with Crippen LogP contribution >= 0.6 is 35.1 Å². The molecule has 0 bridgehead atoms. The van der Waals surface area contributed by atoms with Crippen molar-refractivity contribution in [3.05, 3.63) is 70.2 Å². The Hall–Kier alpha value is -2.42. The van der Waals surface area contributed by atoms with Gasteiger partial charge in [-0.3, -0.25) is 4.79 Å². The minimum Gasteiger partial charge on any atom is -0.465 e. The number of allylic oxidation sites excluding steroid dienone is 1. The molecular formula is C21H18ClN3O3S2. The van der Waals surface area contributed by atoms with Crippen molar-refractivity contribution in [3.8, 4) is 0 Å². The molecular weight excluding hydrogens is 442 g/mol. The number of ether oxygens (including phenoxy) is 1. The highest BCUT2D eigenvalue weighted by Gasteiger charge is 2.58. The fourth-order valence-electron chi connectivity index (χ4n) is 3.30. The fourth-order valence-corrected chi connectivity index (χ4v) is 6.48. The number of methoxy groups -OCH3 is 1. The van der Waals surface area contributed by atoms with Crippen molar-refractivity contribution in [2.24, 2.45) is 5.10 Å². The van der Waals surface area contributed by atoms with Crippen LogP contribution in [0.4, 0.5) is 11.4 Å². The Balaban J connectivity index is 1.94. The lowest BCUT2D eigenvalue weighted by Crippen LogP contribution is -2.49. The van der Waals surface area contributed by atoms with Crippen molar-refractivity contribution in [3.63, 3.8) is 0 Å². The van der Waals surface area contributed by atoms with Crippen LogP contribution in [0.1, 0.15) is 13.8 Å². The number of esters is 1. The van der Waals surface area contributed by atoms with Crippen LogP contribution in [0.3, 0.4) is 0 Å². The summed E-state index contributed by atoms with van der Waals surface area (Å²) in [6, 6.07) is 17.0. The van der Waals surface area contributed by atoms with Gasteiger partial charge in [-0.1, -0.05) is 53.7 Å². The van der Waals surface area contributed by atoms with Crippen LogP contribution in [0.25, 0.3) is 0 Å². The number of para-hydroxylation sites is 2. The Kier molecular flexibility index (Phi) is 5.57. The molecule has 0 fully saturated rings. The van der Waals surface area contributed by atoms with Gasteiger partial charge in [-0.15, -0.1) is 0 Å². The third kappa shape index (κ3) is 3.29. The molecule has 154 valence electrons. The number of carbonyl (C=O) groups excluding carboxylic acids is 2. The predicted molar refractivity (Wildman–Crippen MR) is 124 cm³/mol. The molecule has 0 saturated heterocycles. The van der Waals surface area contributed by atoms with E-state index in [-0.39, 0.29) is 5.78 Å². The highest BCUT2D eigenvalue weighted by Crippen LogP contribution is 2.60. The largest absolute Gasteiger partial charge is 0.465 e. The minimum atomic E-state index is -0.985. The van der Waals surface area contributed by atoms with E-state index in [1.807, 2.05) is 60.4 Å². The second-order valence-corrected chi connectivity index (χ2v) is 9.56. The highest BCUT2D eigenvalue weighted by molar-refractivity contribution is 8.29. The summed E-state index contributed by atoms with van der Waals surface area (Å²) in [7, 11) is 1.35. The van der Waals surface area contributed by atoms with E-state index in [4.69, 9.17) is 16.3 Å². The summed E-state index contributed by atoms with van der Waals surface area (Å²) in [5.41, 5.74) is 2.20. The molecule has 0 radical (unpaired) electrons. The van der Waals surface area contributed by atoms with Gasteiger partial charge in [-0.25, -0.2) is 9.80 Å². The smallest absolute Gasteiger partial charge is 0.346 e. The van der Waals surface area contributed by atoms with E-state index in [0.717, 1.165) is 5.69 Å². The van der Waals surface area contributed by atoms with Crippen LogP contribution < -0.4 is 9.91 Å². The molecule has 6 nitrogen and oxygen atoms in total. The number of ketones is 1. The lowest BCUT2D eigenvalue weighted by molar-refractivity contribution is -0.135. The average Bonchev–Trinajstić information content (AvgIpc) is 3.26. The summed E-state index contributed by atoms with van der Waals surface area (Å²) < 4.78 is 4.04. The number of Topliss-reactive ketones (excluding diaryl/α,β-unsaturated/α-hetero) is 1. The SMILES string of the molecule is COC(=O)C1=C(C)N(c2ccccc2)[C@@]2(SC(C(C)=O)=NN2c2ccccc2Cl)S1. The highest BCUT2D eigenvalue weighted by atomic mass is 35.5. The van der Waals surface area contributed by atoms with Gasteiger partial charge in [-0.05, 0) is 43.0 Å². The van der Waals surface area contributed by atoms with E-state index in [0.29, 0.717) is 26.4 Å². The standard InChI is InChI=1S/C21H18ClN3O3S2/c1-13-18(20(27)28-3)29-21(24(13)15-9-5-4-6-10-15)25(23-19(30-21)14(2)26)17-12-8-7-11-16(17)22/h4-12H,1-3H3/t21-/m0/s1. The molecule has 1 atom stereocenters. The number of anilines is 2. The van der Waals surface area contributed by atoms with Crippen molar-refractivity contribution in [2.45, 2.75) is 18.2 Å². The second-order valence-electron chi connectivity index (χ2n) is 6.55. The van der Waals surface area contributed by atoms with Gasteiger partial charge >= 0.3 is 5.97 Å². The Morgan fingerprint density at radius 1 is 1.07 bits per heavy atom. The Morgan fingerprint density at radius 2 is 1.73 bits per heavy atom. The van der Waals surface area contributed by atoms with Gasteiger partial charge in [0, 0.05) is 18.3 Å². The van der Waals surface area contributed by atoms with Crippen molar-refractivity contribution in [1.29, 1.82) is 0 Å². The van der Waals surface area contributed by atoms with Crippen LogP contribution in [-0.2, 0) is 14.3 Å². The van der Waals surface area contributed by atoms with Crippen LogP contribution in [0.15, 0.2) is 70.3 Å². The summed E-state index contributed by atoms with van der Waals surface area (Å²) >= 11 is 9.09. The molecule has 0 saturated carbocycles. The van der Waals surface area contributed by atoms with Crippen LogP contribution in [0.5, 0.6) is 0 Å². The maximum Gasteiger partial charge on any atom is 0.346 e. The molecule has 4 rings (SSSR count). The van der Waals surface area contributed by atoms with Crippen molar-refractivity contribution >= 4 is 63.3 Å². The maximum atomic E-state index is 12.6. The zero-order valence-electron chi connectivity index (χ0n) is 16.5. The molecule has 2 heterocycles. The first kappa shape index (κ1) is 20.8. The average molecular weight is 460 g/mol. The molecule has 2 aromatic carbocycles. The molecule has 1 spiro atoms. The van der Waals surface area contributed by atoms with Crippen LogP contribution in [0, 0.1) is 0 Å². The number of rotatable bonds is 4. The van der Waals surface area contributed by atoms with Gasteiger partial charge in [0.1, 0.15) is 4.91 Å². The van der Waals surface area contributed by atoms with Gasteiger partial charge in [0.25, 0.3) is 0 Å².